The number of hydrogen-bond acceptors (Lipinski definition) is 2. The number of alkyl halides is 3. The molecular formula is CHF3O2P-. The van der Waals surface area contributed by atoms with Gasteiger partial charge >= 0.3 is 5.92 Å². The van der Waals surface area contributed by atoms with Crippen molar-refractivity contribution in [2.45, 2.75) is 5.92 Å². The maximum absolute atomic E-state index is 10.6. The van der Waals surface area contributed by atoms with Gasteiger partial charge in [-0.15, -0.1) is 0 Å². The maximum Gasteiger partial charge on any atom is 0.415 e. The summed E-state index contributed by atoms with van der Waals surface area (Å²) < 4.78 is 31.9. The first kappa shape index (κ1) is 7.14. The van der Waals surface area contributed by atoms with Crippen molar-refractivity contribution < 1.29 is 23.0 Å². The summed E-state index contributed by atoms with van der Waals surface area (Å²) in [6, 6.07) is 0. The van der Waals surface area contributed by atoms with Gasteiger partial charge in [-0.3, -0.25) is 0 Å². The first-order valence-corrected chi connectivity index (χ1v) is 2.39. The third kappa shape index (κ3) is 2.79. The molecule has 0 spiro atoms. The topological polar surface area (TPSA) is 43.3 Å². The van der Waals surface area contributed by atoms with E-state index in [0.717, 1.165) is 0 Å². The summed E-state index contributed by atoms with van der Waals surface area (Å²) in [6.07, 6.45) is 0. The lowest BCUT2D eigenvalue weighted by Gasteiger charge is -2.17. The maximum atomic E-state index is 10.6. The molecule has 0 aromatic carbocycles. The van der Waals surface area contributed by atoms with Crippen molar-refractivity contribution in [1.29, 1.82) is 0 Å². The minimum absolute atomic E-state index is 3.99. The van der Waals surface area contributed by atoms with Crippen LogP contribution in [0.15, 0.2) is 0 Å². The molecule has 0 saturated carbocycles. The van der Waals surface area contributed by atoms with Crippen LogP contribution in [0.25, 0.3) is 0 Å². The van der Waals surface area contributed by atoms with Crippen LogP contribution in [0.2, 0.25) is 0 Å². The second kappa shape index (κ2) is 1.94. The van der Waals surface area contributed by atoms with Crippen molar-refractivity contribution in [3.8, 4) is 0 Å². The molecule has 0 fully saturated rings. The van der Waals surface area contributed by atoms with Crippen LogP contribution in [0.5, 0.6) is 0 Å². The normalized spacial score (nSPS) is 16.7. The van der Waals surface area contributed by atoms with Crippen LogP contribution in [-0.2, 0) is 0 Å². The Hall–Kier alpha value is 0.140. The lowest BCUT2D eigenvalue weighted by atomic mass is 11.6. The van der Waals surface area contributed by atoms with Crippen LogP contribution in [0, 0.1) is 0 Å². The van der Waals surface area contributed by atoms with Crippen LogP contribution in [0.4, 0.5) is 13.2 Å². The van der Waals surface area contributed by atoms with Gasteiger partial charge in [-0.05, 0) is 0 Å². The van der Waals surface area contributed by atoms with Crippen LogP contribution in [0.3, 0.4) is 0 Å². The number of halogens is 3. The summed E-state index contributed by atoms with van der Waals surface area (Å²) in [5.74, 6) is -4.94. The first-order valence-electron chi connectivity index (χ1n) is 1.17. The molecule has 7 heavy (non-hydrogen) atoms. The van der Waals surface area contributed by atoms with E-state index in [1.165, 1.54) is 0 Å². The van der Waals surface area contributed by atoms with E-state index in [2.05, 4.69) is 0 Å². The van der Waals surface area contributed by atoms with Crippen molar-refractivity contribution >= 4 is 8.38 Å². The molecule has 0 aromatic heterocycles. The van der Waals surface area contributed by atoms with E-state index in [-0.39, 0.29) is 0 Å². The summed E-state index contributed by atoms with van der Waals surface area (Å²) in [6.45, 7) is 0. The Morgan fingerprint density at radius 2 is 1.57 bits per heavy atom. The van der Waals surface area contributed by atoms with Crippen molar-refractivity contribution in [2.24, 2.45) is 0 Å². The van der Waals surface area contributed by atoms with E-state index in [1.54, 1.807) is 0 Å². The van der Waals surface area contributed by atoms with E-state index >= 15 is 0 Å². The Kier molecular flexibility index (Phi) is 1.98. The Bertz CT molecular complexity index is 58.4. The molecule has 44 valence electrons. The Morgan fingerprint density at radius 3 is 1.57 bits per heavy atom. The third-order valence-corrected chi connectivity index (χ3v) is 0.651. The first-order chi connectivity index (χ1) is 2.94. The summed E-state index contributed by atoms with van der Waals surface area (Å²) in [7, 11) is -3.99. The van der Waals surface area contributed by atoms with Gasteiger partial charge in [0.1, 0.15) is 0 Å². The lowest BCUT2D eigenvalue weighted by molar-refractivity contribution is -0.213. The highest BCUT2D eigenvalue weighted by molar-refractivity contribution is 7.44. The van der Waals surface area contributed by atoms with Gasteiger partial charge in [-0.25, -0.2) is 0 Å². The van der Waals surface area contributed by atoms with Gasteiger partial charge in [-0.2, -0.15) is 13.2 Å². The smallest absolute Gasteiger partial charge is 0.415 e. The van der Waals surface area contributed by atoms with Gasteiger partial charge in [0.15, 0.2) is 0 Å². The molecule has 1 atom stereocenters. The molecule has 1 unspecified atom stereocenters. The zero-order valence-electron chi connectivity index (χ0n) is 2.94. The molecule has 0 saturated heterocycles. The zero-order chi connectivity index (χ0) is 6.08. The van der Waals surface area contributed by atoms with Crippen molar-refractivity contribution in [1.82, 2.24) is 0 Å². The van der Waals surface area contributed by atoms with Gasteiger partial charge in [0.05, 0.1) is 8.38 Å². The molecule has 2 nitrogen and oxygen atoms in total. The Labute approximate surface area is 38.5 Å². The SMILES string of the molecule is [O-]P(O)C(F)(F)F. The van der Waals surface area contributed by atoms with E-state index in [4.69, 9.17) is 9.79 Å². The average molecular weight is 133 g/mol. The molecule has 0 bridgehead atoms. The Balaban J connectivity index is 3.54. The minimum Gasteiger partial charge on any atom is -0.802 e. The molecule has 0 aliphatic rings. The molecule has 0 rings (SSSR count). The van der Waals surface area contributed by atoms with Crippen molar-refractivity contribution in [3.05, 3.63) is 0 Å². The highest BCUT2D eigenvalue weighted by Gasteiger charge is 2.29. The quantitative estimate of drug-likeness (QED) is 0.478. The van der Waals surface area contributed by atoms with Crippen LogP contribution >= 0.6 is 8.38 Å². The Morgan fingerprint density at radius 1 is 1.43 bits per heavy atom. The summed E-state index contributed by atoms with van der Waals surface area (Å²) in [5, 5.41) is 0. The fourth-order valence-corrected chi connectivity index (χ4v) is 0. The predicted octanol–water partition coefficient (Wildman–Crippen LogP) is 0.171. The van der Waals surface area contributed by atoms with Gasteiger partial charge < -0.3 is 9.79 Å². The zero-order valence-corrected chi connectivity index (χ0v) is 3.83. The number of rotatable bonds is 0. The standard InChI is InChI=1S/CHF3O2P/c2-1(3,4)7(5)6/h5H/q-1. The van der Waals surface area contributed by atoms with E-state index in [9.17, 15) is 13.2 Å². The largest absolute Gasteiger partial charge is 0.802 e. The van der Waals surface area contributed by atoms with Crippen LogP contribution in [0.1, 0.15) is 0 Å². The second-order valence-corrected chi connectivity index (χ2v) is 1.79. The molecule has 1 N–H and O–H groups in total. The summed E-state index contributed by atoms with van der Waals surface area (Å²) >= 11 is 0. The molecule has 0 aliphatic carbocycles. The molecule has 0 radical (unpaired) electrons. The predicted molar refractivity (Wildman–Crippen MR) is 15.2 cm³/mol. The molecule has 0 heterocycles. The second-order valence-electron chi connectivity index (χ2n) is 0.741. The fourth-order valence-electron chi connectivity index (χ4n) is 0. The highest BCUT2D eigenvalue weighted by Crippen LogP contribution is 2.41. The van der Waals surface area contributed by atoms with Crippen molar-refractivity contribution in [2.75, 3.05) is 0 Å². The lowest BCUT2D eigenvalue weighted by Crippen LogP contribution is -2.12. The van der Waals surface area contributed by atoms with E-state index in [1.807, 2.05) is 0 Å². The molecule has 0 aliphatic heterocycles. The summed E-state index contributed by atoms with van der Waals surface area (Å²) in [4.78, 5) is 16.3. The van der Waals surface area contributed by atoms with Gasteiger partial charge in [0.25, 0.3) is 0 Å². The third-order valence-electron chi connectivity index (χ3n) is 0.217. The number of hydrogen-bond donors (Lipinski definition) is 1. The molecule has 6 heteroatoms. The molecule has 0 aromatic rings. The molecular weight excluding hydrogens is 132 g/mol. The monoisotopic (exact) mass is 133 g/mol. The summed E-state index contributed by atoms with van der Waals surface area (Å²) in [5.41, 5.74) is 0. The minimum atomic E-state index is -4.94. The van der Waals surface area contributed by atoms with Gasteiger partial charge in [0, 0.05) is 0 Å². The highest BCUT2D eigenvalue weighted by atomic mass is 31.2. The van der Waals surface area contributed by atoms with E-state index in [0.29, 0.717) is 0 Å². The van der Waals surface area contributed by atoms with Gasteiger partial charge in [0.2, 0.25) is 0 Å². The van der Waals surface area contributed by atoms with E-state index < -0.39 is 14.3 Å². The van der Waals surface area contributed by atoms with Crippen LogP contribution in [-0.4, -0.2) is 10.8 Å². The van der Waals surface area contributed by atoms with Gasteiger partial charge in [-0.1, -0.05) is 0 Å². The van der Waals surface area contributed by atoms with Crippen LogP contribution < -0.4 is 4.89 Å². The fraction of sp³-hybridized carbons (Fsp3) is 1.00. The van der Waals surface area contributed by atoms with Crippen molar-refractivity contribution in [3.63, 3.8) is 0 Å². The molecule has 0 amide bonds. The average Bonchev–Trinajstić information content (AvgIpc) is 1.31.